The van der Waals surface area contributed by atoms with Gasteiger partial charge in [0.15, 0.2) is 5.78 Å². The van der Waals surface area contributed by atoms with Crippen LogP contribution in [-0.4, -0.2) is 41.7 Å². The van der Waals surface area contributed by atoms with Crippen molar-refractivity contribution in [3.05, 3.63) is 34.9 Å². The van der Waals surface area contributed by atoms with Crippen LogP contribution in [0, 0.1) is 0 Å². The number of hydrogen-bond donors (Lipinski definition) is 0. The van der Waals surface area contributed by atoms with Crippen LogP contribution in [0.4, 0.5) is 13.2 Å². The number of alkyl halides is 4. The summed E-state index contributed by atoms with van der Waals surface area (Å²) in [6.07, 6.45) is -4.22. The molecule has 1 aliphatic carbocycles. The van der Waals surface area contributed by atoms with E-state index >= 15 is 0 Å². The highest BCUT2D eigenvalue weighted by molar-refractivity contribution is 6.30. The van der Waals surface area contributed by atoms with Crippen molar-refractivity contribution >= 4 is 23.3 Å². The zero-order valence-corrected chi connectivity index (χ0v) is 12.0. The molecule has 0 heterocycles. The number of hydrogen-bond acceptors (Lipinski definition) is 2. The van der Waals surface area contributed by atoms with Crippen molar-refractivity contribution in [3.63, 3.8) is 0 Å². The number of carbonyl (C=O) groups excluding carboxylic acids is 2. The molecule has 7 heteroatoms. The maximum absolute atomic E-state index is 12.4. The molecule has 1 atom stereocenters. The van der Waals surface area contributed by atoms with E-state index in [9.17, 15) is 22.8 Å². The Bertz CT molecular complexity index is 586. The second kappa shape index (κ2) is 5.67. The van der Waals surface area contributed by atoms with Gasteiger partial charge in [-0.1, -0.05) is 12.1 Å². The monoisotopic (exact) mass is 319 g/mol. The summed E-state index contributed by atoms with van der Waals surface area (Å²) in [6.45, 7) is 0. The molecule has 0 fully saturated rings. The van der Waals surface area contributed by atoms with E-state index in [1.54, 1.807) is 18.2 Å². The first-order chi connectivity index (χ1) is 9.74. The zero-order chi connectivity index (χ0) is 15.8. The van der Waals surface area contributed by atoms with Crippen molar-refractivity contribution in [2.75, 3.05) is 12.9 Å². The first-order valence-electron chi connectivity index (χ1n) is 6.29. The zero-order valence-electron chi connectivity index (χ0n) is 11.2. The molecule has 0 bridgehead atoms. The molecular formula is C14H13ClF3NO2. The highest BCUT2D eigenvalue weighted by Gasteiger charge is 2.44. The summed E-state index contributed by atoms with van der Waals surface area (Å²) in [4.78, 5) is 23.5. The van der Waals surface area contributed by atoms with Gasteiger partial charge < -0.3 is 4.90 Å². The van der Waals surface area contributed by atoms with Gasteiger partial charge in [0.1, 0.15) is 0 Å². The molecule has 1 aliphatic rings. The number of halogens is 4. The molecule has 21 heavy (non-hydrogen) atoms. The predicted octanol–water partition coefficient (Wildman–Crippen LogP) is 2.60. The first-order valence-corrected chi connectivity index (χ1v) is 6.82. The summed E-state index contributed by atoms with van der Waals surface area (Å²) in [5.74, 6) is -2.23. The molecule has 2 rings (SSSR count). The normalized spacial score (nSPS) is 17.5. The third-order valence-electron chi connectivity index (χ3n) is 3.67. The molecule has 3 nitrogen and oxygen atoms in total. The van der Waals surface area contributed by atoms with E-state index in [1.165, 1.54) is 0 Å². The molecule has 0 saturated carbocycles. The lowest BCUT2D eigenvalue weighted by molar-refractivity contribution is -0.186. The molecule has 114 valence electrons. The molecule has 1 aromatic carbocycles. The summed E-state index contributed by atoms with van der Waals surface area (Å²) < 4.78 is 37.3. The minimum absolute atomic E-state index is 0.144. The number of rotatable bonds is 3. The molecular weight excluding hydrogens is 307 g/mol. The Morgan fingerprint density at radius 1 is 1.29 bits per heavy atom. The molecule has 1 unspecified atom stereocenters. The number of fused-ring (bicyclic) bond motifs is 1. The number of benzene rings is 1. The Hall–Kier alpha value is -1.56. The summed E-state index contributed by atoms with van der Waals surface area (Å²) in [5, 5.41) is 0. The van der Waals surface area contributed by atoms with Gasteiger partial charge in [-0.05, 0) is 30.0 Å². The Morgan fingerprint density at radius 3 is 2.48 bits per heavy atom. The quantitative estimate of drug-likeness (QED) is 0.634. The number of carbonyl (C=O) groups is 2. The highest BCUT2D eigenvalue weighted by Crippen LogP contribution is 2.28. The molecule has 0 spiro atoms. The van der Waals surface area contributed by atoms with Crippen molar-refractivity contribution < 1.29 is 22.8 Å². The fourth-order valence-corrected chi connectivity index (χ4v) is 2.64. The van der Waals surface area contributed by atoms with Crippen LogP contribution in [0.3, 0.4) is 0 Å². The molecule has 0 aromatic heterocycles. The largest absolute Gasteiger partial charge is 0.471 e. The SMILES string of the molecule is CN(C(=O)C(F)(F)F)C1Cc2ccc(C(=O)CCl)cc2C1. The lowest BCUT2D eigenvalue weighted by atomic mass is 10.0. The fraction of sp³-hybridized carbons (Fsp3) is 0.429. The van der Waals surface area contributed by atoms with Gasteiger partial charge in [-0.3, -0.25) is 9.59 Å². The molecule has 0 aliphatic heterocycles. The van der Waals surface area contributed by atoms with E-state index < -0.39 is 18.1 Å². The van der Waals surface area contributed by atoms with Gasteiger partial charge in [-0.25, -0.2) is 0 Å². The fourth-order valence-electron chi connectivity index (χ4n) is 2.49. The Kier molecular flexibility index (Phi) is 4.27. The molecule has 0 N–H and O–H groups in total. The van der Waals surface area contributed by atoms with Crippen LogP contribution < -0.4 is 0 Å². The summed E-state index contributed by atoms with van der Waals surface area (Å²) in [5.41, 5.74) is 2.08. The van der Waals surface area contributed by atoms with Crippen molar-refractivity contribution in [1.29, 1.82) is 0 Å². The van der Waals surface area contributed by atoms with E-state index in [2.05, 4.69) is 0 Å². The van der Waals surface area contributed by atoms with Gasteiger partial charge in [0.05, 0.1) is 5.88 Å². The summed E-state index contributed by atoms with van der Waals surface area (Å²) in [7, 11) is 1.15. The molecule has 0 radical (unpaired) electrons. The average molecular weight is 320 g/mol. The Labute approximate surface area is 124 Å². The number of ketones is 1. The van der Waals surface area contributed by atoms with Gasteiger partial charge >= 0.3 is 12.1 Å². The van der Waals surface area contributed by atoms with Crippen molar-refractivity contribution in [3.8, 4) is 0 Å². The number of likely N-dealkylation sites (N-methyl/N-ethyl adjacent to an activating group) is 1. The van der Waals surface area contributed by atoms with Gasteiger partial charge in [-0.2, -0.15) is 13.2 Å². The second-order valence-corrected chi connectivity index (χ2v) is 5.28. The van der Waals surface area contributed by atoms with E-state index in [1.807, 2.05) is 0 Å². The topological polar surface area (TPSA) is 37.4 Å². The summed E-state index contributed by atoms with van der Waals surface area (Å²) in [6, 6.07) is 4.42. The third-order valence-corrected chi connectivity index (χ3v) is 3.91. The van der Waals surface area contributed by atoms with Crippen molar-refractivity contribution in [2.45, 2.75) is 25.1 Å². The number of nitrogens with zero attached hydrogens (tertiary/aromatic N) is 1. The standard InChI is InChI=1S/C14H13ClF3NO2/c1-19(13(21)14(16,17)18)11-5-8-2-3-9(12(20)7-15)4-10(8)6-11/h2-4,11H,5-7H2,1H3. The molecule has 0 saturated heterocycles. The van der Waals surface area contributed by atoms with Crippen LogP contribution in [0.5, 0.6) is 0 Å². The van der Waals surface area contributed by atoms with Crippen LogP contribution >= 0.6 is 11.6 Å². The number of Topliss-reactive ketones (excluding diaryl/α,β-unsaturated/α-hetero) is 1. The molecule has 1 amide bonds. The van der Waals surface area contributed by atoms with Gasteiger partial charge in [0.2, 0.25) is 0 Å². The van der Waals surface area contributed by atoms with E-state index in [0.717, 1.165) is 23.1 Å². The molecule has 1 aromatic rings. The summed E-state index contributed by atoms with van der Waals surface area (Å²) >= 11 is 5.48. The predicted molar refractivity (Wildman–Crippen MR) is 71.5 cm³/mol. The smallest absolute Gasteiger partial charge is 0.334 e. The maximum Gasteiger partial charge on any atom is 0.471 e. The minimum Gasteiger partial charge on any atom is -0.334 e. The van der Waals surface area contributed by atoms with Crippen LogP contribution in [-0.2, 0) is 17.6 Å². The van der Waals surface area contributed by atoms with Crippen LogP contribution in [0.15, 0.2) is 18.2 Å². The Balaban J connectivity index is 2.16. The third kappa shape index (κ3) is 3.20. The Morgan fingerprint density at radius 2 is 1.90 bits per heavy atom. The van der Waals surface area contributed by atoms with Crippen LogP contribution in [0.25, 0.3) is 0 Å². The number of amides is 1. The van der Waals surface area contributed by atoms with Crippen LogP contribution in [0.1, 0.15) is 21.5 Å². The van der Waals surface area contributed by atoms with Gasteiger partial charge in [-0.15, -0.1) is 11.6 Å². The van der Waals surface area contributed by atoms with Crippen molar-refractivity contribution in [2.24, 2.45) is 0 Å². The second-order valence-electron chi connectivity index (χ2n) is 5.02. The maximum atomic E-state index is 12.4. The van der Waals surface area contributed by atoms with Crippen molar-refractivity contribution in [1.82, 2.24) is 4.90 Å². The van der Waals surface area contributed by atoms with E-state index in [4.69, 9.17) is 11.6 Å². The first kappa shape index (κ1) is 15.8. The van der Waals surface area contributed by atoms with Crippen LogP contribution in [0.2, 0.25) is 0 Å². The van der Waals surface area contributed by atoms with E-state index in [0.29, 0.717) is 18.4 Å². The van der Waals surface area contributed by atoms with E-state index in [-0.39, 0.29) is 11.7 Å². The lowest BCUT2D eigenvalue weighted by Crippen LogP contribution is -2.44. The highest BCUT2D eigenvalue weighted by atomic mass is 35.5. The van der Waals surface area contributed by atoms with Gasteiger partial charge in [0, 0.05) is 18.7 Å². The minimum atomic E-state index is -4.87. The van der Waals surface area contributed by atoms with Gasteiger partial charge in [0.25, 0.3) is 0 Å². The lowest BCUT2D eigenvalue weighted by Gasteiger charge is -2.25. The average Bonchev–Trinajstić information content (AvgIpc) is 2.86.